The number of nitro groups is 1. The molecule has 2 aromatic heterocycles. The summed E-state index contributed by atoms with van der Waals surface area (Å²) in [4.78, 5) is 22.3. The van der Waals surface area contributed by atoms with Crippen molar-refractivity contribution in [2.45, 2.75) is 34.1 Å². The predicted octanol–water partition coefficient (Wildman–Crippen LogP) is 3.78. The minimum absolute atomic E-state index is 0.0287. The van der Waals surface area contributed by atoms with E-state index in [0.29, 0.717) is 22.8 Å². The molecule has 0 unspecified atom stereocenters. The summed E-state index contributed by atoms with van der Waals surface area (Å²) in [5.41, 5.74) is 6.81. The summed E-state index contributed by atoms with van der Waals surface area (Å²) in [6, 6.07) is 9.86. The number of nitrogens with zero attached hydrogens (tertiary/aromatic N) is 4. The van der Waals surface area contributed by atoms with Gasteiger partial charge in [0.2, 0.25) is 11.8 Å². The van der Waals surface area contributed by atoms with Crippen LogP contribution in [-0.2, 0) is 11.2 Å². The lowest BCUT2D eigenvalue weighted by atomic mass is 10.1. The van der Waals surface area contributed by atoms with E-state index in [-0.39, 0.29) is 18.0 Å². The largest absolute Gasteiger partial charge is 0.443 e. The maximum atomic E-state index is 12.1. The molecule has 9 heteroatoms. The molecule has 31 heavy (non-hydrogen) atoms. The van der Waals surface area contributed by atoms with Crippen LogP contribution in [0, 0.1) is 49.1 Å². The summed E-state index contributed by atoms with van der Waals surface area (Å²) in [6.07, 6.45) is 1.58. The summed E-state index contributed by atoms with van der Waals surface area (Å²) in [6.45, 7) is 7.43. The molecule has 0 spiro atoms. The Morgan fingerprint density at radius 1 is 1.29 bits per heavy atom. The number of nitrogens with one attached hydrogen (secondary N) is 1. The van der Waals surface area contributed by atoms with Gasteiger partial charge in [0.15, 0.2) is 0 Å². The summed E-state index contributed by atoms with van der Waals surface area (Å²) in [5.74, 6) is 0.810. The molecule has 158 valence electrons. The Kier molecular flexibility index (Phi) is 6.02. The van der Waals surface area contributed by atoms with Gasteiger partial charge in [-0.15, -0.1) is 0 Å². The number of benzene rings is 1. The van der Waals surface area contributed by atoms with Crippen LogP contribution in [0.15, 0.2) is 39.9 Å². The molecule has 3 aromatic rings. The summed E-state index contributed by atoms with van der Waals surface area (Å²) in [7, 11) is 0. The lowest BCUT2D eigenvalue weighted by molar-refractivity contribution is -0.384. The average Bonchev–Trinajstić information content (AvgIpc) is 3.16. The second-order valence-corrected chi connectivity index (χ2v) is 7.13. The topological polar surface area (TPSA) is 126 Å². The molecular weight excluding hydrogens is 398 g/mol. The van der Waals surface area contributed by atoms with E-state index in [4.69, 9.17) is 4.42 Å². The third kappa shape index (κ3) is 4.38. The zero-order chi connectivity index (χ0) is 22.7. The third-order valence-electron chi connectivity index (χ3n) is 5.06. The molecular formula is C22H21N5O4. The Bertz CT molecular complexity index is 1230. The molecule has 1 amide bonds. The van der Waals surface area contributed by atoms with Crippen LogP contribution in [0.25, 0.3) is 5.88 Å². The molecule has 0 aliphatic heterocycles. The van der Waals surface area contributed by atoms with Crippen molar-refractivity contribution in [3.8, 4) is 12.0 Å². The zero-order valence-corrected chi connectivity index (χ0v) is 17.6. The monoisotopic (exact) mass is 419 g/mol. The van der Waals surface area contributed by atoms with Crippen molar-refractivity contribution < 1.29 is 14.1 Å². The first-order valence-electron chi connectivity index (χ1n) is 9.47. The zero-order valence-electron chi connectivity index (χ0n) is 17.6. The standard InChI is InChI=1S/C22H21N5O4/c1-13-9-18(15(3)26(13)22-20(11-23)14(2)16(4)31-22)12-24-25-21(28)10-17-5-7-19(8-6-17)27(29)30/h5-9,12H,10H2,1-4H3,(H,25,28)/b24-12+. The molecule has 0 aliphatic carbocycles. The fourth-order valence-electron chi connectivity index (χ4n) is 3.26. The maximum Gasteiger partial charge on any atom is 0.269 e. The van der Waals surface area contributed by atoms with Crippen molar-refractivity contribution in [2.75, 3.05) is 0 Å². The van der Waals surface area contributed by atoms with Gasteiger partial charge in [0.05, 0.1) is 17.6 Å². The Balaban J connectivity index is 1.73. The molecule has 0 bridgehead atoms. The van der Waals surface area contributed by atoms with Crippen molar-refractivity contribution >= 4 is 17.8 Å². The number of nitro benzene ring substituents is 1. The minimum Gasteiger partial charge on any atom is -0.443 e. The molecule has 0 atom stereocenters. The third-order valence-corrected chi connectivity index (χ3v) is 5.06. The van der Waals surface area contributed by atoms with E-state index < -0.39 is 4.92 Å². The maximum absolute atomic E-state index is 12.1. The number of non-ortho nitro benzene ring substituents is 1. The molecule has 0 aliphatic rings. The van der Waals surface area contributed by atoms with Crippen LogP contribution in [0.4, 0.5) is 5.69 Å². The fraction of sp³-hybridized carbons (Fsp3) is 0.227. The second-order valence-electron chi connectivity index (χ2n) is 7.13. The number of hydrogen-bond donors (Lipinski definition) is 1. The first-order chi connectivity index (χ1) is 14.7. The van der Waals surface area contributed by atoms with E-state index in [9.17, 15) is 20.2 Å². The number of furan rings is 1. The Morgan fingerprint density at radius 2 is 1.97 bits per heavy atom. The highest BCUT2D eigenvalue weighted by Gasteiger charge is 2.20. The van der Waals surface area contributed by atoms with E-state index in [1.54, 1.807) is 0 Å². The van der Waals surface area contributed by atoms with Gasteiger partial charge < -0.3 is 4.42 Å². The Labute approximate surface area is 178 Å². The fourth-order valence-corrected chi connectivity index (χ4v) is 3.26. The van der Waals surface area contributed by atoms with Crippen LogP contribution < -0.4 is 5.43 Å². The number of aryl methyl sites for hydroxylation is 2. The molecule has 0 radical (unpaired) electrons. The van der Waals surface area contributed by atoms with Gasteiger partial charge in [0, 0.05) is 34.6 Å². The lowest BCUT2D eigenvalue weighted by Crippen LogP contribution is -2.19. The van der Waals surface area contributed by atoms with Gasteiger partial charge in [0.25, 0.3) is 5.69 Å². The normalized spacial score (nSPS) is 10.9. The SMILES string of the molecule is Cc1oc(-n2c(C)cc(/C=N/NC(=O)Cc3ccc([N+](=O)[O-])cc3)c2C)c(C#N)c1C. The lowest BCUT2D eigenvalue weighted by Gasteiger charge is -2.06. The molecule has 0 fully saturated rings. The smallest absolute Gasteiger partial charge is 0.269 e. The van der Waals surface area contributed by atoms with E-state index in [1.807, 2.05) is 38.3 Å². The average molecular weight is 419 g/mol. The minimum atomic E-state index is -0.491. The number of nitriles is 1. The van der Waals surface area contributed by atoms with Gasteiger partial charge in [-0.2, -0.15) is 10.4 Å². The molecule has 1 N–H and O–H groups in total. The van der Waals surface area contributed by atoms with Crippen LogP contribution in [0.1, 0.15) is 39.4 Å². The number of aromatic nitrogens is 1. The van der Waals surface area contributed by atoms with Gasteiger partial charge in [-0.25, -0.2) is 5.43 Å². The quantitative estimate of drug-likeness (QED) is 0.370. The van der Waals surface area contributed by atoms with Crippen molar-refractivity contribution in [2.24, 2.45) is 5.10 Å². The summed E-state index contributed by atoms with van der Waals surface area (Å²) >= 11 is 0. The first-order valence-corrected chi connectivity index (χ1v) is 9.47. The number of carbonyl (C=O) groups excluding carboxylic acids is 1. The van der Waals surface area contributed by atoms with E-state index >= 15 is 0 Å². The highest BCUT2D eigenvalue weighted by Crippen LogP contribution is 2.28. The van der Waals surface area contributed by atoms with Gasteiger partial charge in [-0.05, 0) is 39.3 Å². The molecule has 0 saturated carbocycles. The number of rotatable bonds is 6. The summed E-state index contributed by atoms with van der Waals surface area (Å²) in [5, 5.41) is 24.2. The first kappa shape index (κ1) is 21.5. The van der Waals surface area contributed by atoms with Crippen molar-refractivity contribution in [1.82, 2.24) is 9.99 Å². The number of hydrogen-bond acceptors (Lipinski definition) is 6. The molecule has 3 rings (SSSR count). The van der Waals surface area contributed by atoms with Crippen LogP contribution in [0.3, 0.4) is 0 Å². The van der Waals surface area contributed by atoms with Gasteiger partial charge in [-0.3, -0.25) is 19.5 Å². The molecule has 9 nitrogen and oxygen atoms in total. The van der Waals surface area contributed by atoms with Gasteiger partial charge in [0.1, 0.15) is 17.4 Å². The summed E-state index contributed by atoms with van der Waals surface area (Å²) < 4.78 is 7.66. The van der Waals surface area contributed by atoms with Gasteiger partial charge >= 0.3 is 0 Å². The van der Waals surface area contributed by atoms with E-state index in [1.165, 1.54) is 30.5 Å². The van der Waals surface area contributed by atoms with E-state index in [2.05, 4.69) is 16.6 Å². The van der Waals surface area contributed by atoms with Crippen LogP contribution in [-0.4, -0.2) is 21.6 Å². The van der Waals surface area contributed by atoms with Crippen LogP contribution in [0.2, 0.25) is 0 Å². The number of hydrazone groups is 1. The van der Waals surface area contributed by atoms with Crippen LogP contribution in [0.5, 0.6) is 0 Å². The van der Waals surface area contributed by atoms with Gasteiger partial charge in [-0.1, -0.05) is 12.1 Å². The Hall–Kier alpha value is -4.19. The van der Waals surface area contributed by atoms with E-state index in [0.717, 1.165) is 22.5 Å². The van der Waals surface area contributed by atoms with Crippen molar-refractivity contribution in [1.29, 1.82) is 5.26 Å². The molecule has 1 aromatic carbocycles. The highest BCUT2D eigenvalue weighted by molar-refractivity contribution is 5.85. The number of amides is 1. The molecule has 2 heterocycles. The Morgan fingerprint density at radius 3 is 2.58 bits per heavy atom. The van der Waals surface area contributed by atoms with Crippen LogP contribution >= 0.6 is 0 Å². The molecule has 0 saturated heterocycles. The predicted molar refractivity (Wildman–Crippen MR) is 114 cm³/mol. The van der Waals surface area contributed by atoms with Crippen molar-refractivity contribution in [3.05, 3.63) is 79.8 Å². The number of carbonyl (C=O) groups is 1. The highest BCUT2D eigenvalue weighted by atomic mass is 16.6. The second kappa shape index (κ2) is 8.67. The van der Waals surface area contributed by atoms with Crippen molar-refractivity contribution in [3.63, 3.8) is 0 Å².